The summed E-state index contributed by atoms with van der Waals surface area (Å²) < 4.78 is 0. The van der Waals surface area contributed by atoms with Crippen LogP contribution < -0.4 is 0 Å². The van der Waals surface area contributed by atoms with Gasteiger partial charge in [-0.05, 0) is 44.9 Å². The zero-order valence-electron chi connectivity index (χ0n) is 17.3. The number of carbonyl (C=O) groups is 1. The molecule has 2 N–H and O–H groups in total. The first-order chi connectivity index (χ1) is 13.2. The molecule has 0 saturated carbocycles. The van der Waals surface area contributed by atoms with Crippen molar-refractivity contribution < 1.29 is 15.0 Å². The fourth-order valence-electron chi connectivity index (χ4n) is 3.58. The number of nitroso groups, excluding NO2 is 1. The molecule has 5 nitrogen and oxygen atoms in total. The van der Waals surface area contributed by atoms with Gasteiger partial charge in [-0.2, -0.15) is 0 Å². The van der Waals surface area contributed by atoms with Crippen molar-refractivity contribution in [1.29, 1.82) is 0 Å². The van der Waals surface area contributed by atoms with Crippen molar-refractivity contribution in [3.8, 4) is 0 Å². The Bertz CT molecular complexity index is 390. The number of nitrogens with zero attached hydrogens (tertiary/aromatic N) is 1. The third-order valence-corrected chi connectivity index (χ3v) is 5.38. The van der Waals surface area contributed by atoms with Gasteiger partial charge in [-0.25, -0.2) is 0 Å². The lowest BCUT2D eigenvalue weighted by Crippen LogP contribution is -2.32. The van der Waals surface area contributed by atoms with Crippen LogP contribution in [0.3, 0.4) is 0 Å². The predicted molar refractivity (Wildman–Crippen MR) is 111 cm³/mol. The summed E-state index contributed by atoms with van der Waals surface area (Å²) in [6, 6.07) is 0. The molecule has 0 aliphatic heterocycles. The summed E-state index contributed by atoms with van der Waals surface area (Å²) in [6.45, 7) is 1.89. The second-order valence-corrected chi connectivity index (χ2v) is 7.60. The molecular weight excluding hydrogens is 342 g/mol. The molecule has 0 aromatic heterocycles. The van der Waals surface area contributed by atoms with Gasteiger partial charge in [-0.3, -0.25) is 4.79 Å². The first kappa shape index (κ1) is 25.9. The molecule has 0 bridgehead atoms. The maximum absolute atomic E-state index is 11.9. The van der Waals surface area contributed by atoms with E-state index in [1.54, 1.807) is 0 Å². The van der Waals surface area contributed by atoms with Gasteiger partial charge in [0, 0.05) is 18.4 Å². The van der Waals surface area contributed by atoms with E-state index in [2.05, 4.69) is 24.3 Å². The van der Waals surface area contributed by atoms with E-state index in [1.807, 2.05) is 0 Å². The summed E-state index contributed by atoms with van der Waals surface area (Å²) in [6.07, 6.45) is 19.7. The van der Waals surface area contributed by atoms with Crippen LogP contribution in [0.15, 0.2) is 17.3 Å². The second kappa shape index (κ2) is 18.3. The molecular formula is C22H41NO4. The van der Waals surface area contributed by atoms with Crippen molar-refractivity contribution in [3.63, 3.8) is 0 Å². The van der Waals surface area contributed by atoms with Crippen LogP contribution in [0.1, 0.15) is 103 Å². The first-order valence-corrected chi connectivity index (χ1v) is 10.9. The van der Waals surface area contributed by atoms with Crippen LogP contribution in [0.25, 0.3) is 0 Å². The normalized spacial score (nSPS) is 12.0. The monoisotopic (exact) mass is 383 g/mol. The lowest BCUT2D eigenvalue weighted by Gasteiger charge is -2.28. The summed E-state index contributed by atoms with van der Waals surface area (Å²) in [5.74, 6) is -0.733. The Labute approximate surface area is 165 Å². The van der Waals surface area contributed by atoms with Gasteiger partial charge in [0.1, 0.15) is 0 Å². The van der Waals surface area contributed by atoms with Crippen LogP contribution in [0, 0.1) is 10.3 Å². The Morgan fingerprint density at radius 1 is 0.778 bits per heavy atom. The average Bonchev–Trinajstić information content (AvgIpc) is 2.67. The molecule has 0 saturated heterocycles. The number of unbranched alkanes of at least 4 members (excludes halogenated alkanes) is 10. The minimum atomic E-state index is -0.984. The molecule has 0 unspecified atom stereocenters. The Morgan fingerprint density at radius 2 is 1.26 bits per heavy atom. The highest BCUT2D eigenvalue weighted by Crippen LogP contribution is 2.34. The van der Waals surface area contributed by atoms with Crippen molar-refractivity contribution in [3.05, 3.63) is 17.1 Å². The van der Waals surface area contributed by atoms with Crippen LogP contribution >= 0.6 is 0 Å². The minimum absolute atomic E-state index is 0.176. The number of allylic oxidation sites excluding steroid dienone is 2. The largest absolute Gasteiger partial charge is 0.396 e. The van der Waals surface area contributed by atoms with E-state index in [-0.39, 0.29) is 26.1 Å². The van der Waals surface area contributed by atoms with Crippen LogP contribution in [-0.2, 0) is 4.79 Å². The van der Waals surface area contributed by atoms with E-state index in [4.69, 9.17) is 0 Å². The lowest BCUT2D eigenvalue weighted by atomic mass is 9.76. The third kappa shape index (κ3) is 12.9. The summed E-state index contributed by atoms with van der Waals surface area (Å²) >= 11 is 0. The van der Waals surface area contributed by atoms with Crippen LogP contribution in [0.5, 0.6) is 0 Å². The van der Waals surface area contributed by atoms with Gasteiger partial charge in [-0.15, -0.1) is 4.91 Å². The van der Waals surface area contributed by atoms with E-state index < -0.39 is 11.3 Å². The van der Waals surface area contributed by atoms with E-state index >= 15 is 0 Å². The van der Waals surface area contributed by atoms with Crippen molar-refractivity contribution in [2.24, 2.45) is 10.6 Å². The molecule has 0 radical (unpaired) electrons. The van der Waals surface area contributed by atoms with E-state index in [0.29, 0.717) is 6.42 Å². The number of carbonyl (C=O) groups excluding carboxylic acids is 1. The number of amides is 1. The average molecular weight is 384 g/mol. The lowest BCUT2D eigenvalue weighted by molar-refractivity contribution is -0.130. The fourth-order valence-corrected chi connectivity index (χ4v) is 3.58. The van der Waals surface area contributed by atoms with E-state index in [0.717, 1.165) is 32.1 Å². The number of rotatable bonds is 19. The van der Waals surface area contributed by atoms with Crippen LogP contribution in [-0.4, -0.2) is 29.3 Å². The summed E-state index contributed by atoms with van der Waals surface area (Å²) in [4.78, 5) is 22.5. The van der Waals surface area contributed by atoms with E-state index in [9.17, 15) is 19.9 Å². The van der Waals surface area contributed by atoms with E-state index in [1.165, 1.54) is 44.9 Å². The van der Waals surface area contributed by atoms with Crippen molar-refractivity contribution in [1.82, 2.24) is 0 Å². The highest BCUT2D eigenvalue weighted by Gasteiger charge is 2.37. The molecule has 0 rings (SSSR count). The molecule has 0 aliphatic rings. The van der Waals surface area contributed by atoms with Gasteiger partial charge in [0.15, 0.2) is 0 Å². The molecule has 5 heteroatoms. The molecule has 27 heavy (non-hydrogen) atoms. The summed E-state index contributed by atoms with van der Waals surface area (Å²) in [5.41, 5.74) is -0.984. The fraction of sp³-hybridized carbons (Fsp3) is 0.864. The maximum atomic E-state index is 11.9. The molecule has 0 spiro atoms. The van der Waals surface area contributed by atoms with Crippen LogP contribution in [0.4, 0.5) is 0 Å². The Morgan fingerprint density at radius 3 is 1.74 bits per heavy atom. The topological polar surface area (TPSA) is 87.0 Å². The Kier molecular flexibility index (Phi) is 17.6. The van der Waals surface area contributed by atoms with Gasteiger partial charge in [0.25, 0.3) is 5.91 Å². The maximum Gasteiger partial charge on any atom is 0.292 e. The smallest absolute Gasteiger partial charge is 0.292 e. The van der Waals surface area contributed by atoms with Crippen molar-refractivity contribution in [2.75, 3.05) is 13.2 Å². The number of aliphatic hydroxyl groups excluding tert-OH is 2. The molecule has 158 valence electrons. The van der Waals surface area contributed by atoms with Crippen molar-refractivity contribution in [2.45, 2.75) is 103 Å². The number of hydrogen-bond acceptors (Lipinski definition) is 4. The van der Waals surface area contributed by atoms with Gasteiger partial charge >= 0.3 is 0 Å². The first-order valence-electron chi connectivity index (χ1n) is 10.9. The predicted octanol–water partition coefficient (Wildman–Crippen LogP) is 5.68. The quantitative estimate of drug-likeness (QED) is 0.171. The second-order valence-electron chi connectivity index (χ2n) is 7.60. The summed E-state index contributed by atoms with van der Waals surface area (Å²) in [5, 5.41) is 21.0. The van der Waals surface area contributed by atoms with Crippen LogP contribution in [0.2, 0.25) is 0 Å². The molecule has 1 amide bonds. The zero-order valence-corrected chi connectivity index (χ0v) is 17.3. The molecule has 0 fully saturated rings. The number of hydrogen-bond donors (Lipinski definition) is 2. The van der Waals surface area contributed by atoms with Gasteiger partial charge in [0.05, 0.1) is 5.41 Å². The number of aliphatic hydroxyl groups is 2. The third-order valence-electron chi connectivity index (χ3n) is 5.38. The molecule has 0 aromatic carbocycles. The molecule has 0 aromatic rings. The SMILES string of the molecule is CCCCCCCCC=CCCCCCCC(CCO)(CCO)C(=O)N=O. The minimum Gasteiger partial charge on any atom is -0.396 e. The molecule has 0 heterocycles. The van der Waals surface area contributed by atoms with Gasteiger partial charge < -0.3 is 10.2 Å². The van der Waals surface area contributed by atoms with Gasteiger partial charge in [-0.1, -0.05) is 70.4 Å². The Hall–Kier alpha value is -1.07. The van der Waals surface area contributed by atoms with Crippen molar-refractivity contribution >= 4 is 5.91 Å². The highest BCUT2D eigenvalue weighted by atomic mass is 16.3. The highest BCUT2D eigenvalue weighted by molar-refractivity contribution is 5.83. The standard InChI is InChI=1S/C22H41NO4/c1-2-3-4-5-6-7-8-9-10-11-12-13-14-15-16-22(17-19-24,18-20-25)21(26)23-27/h9-10,24-25H,2-8,11-20H2,1H3. The summed E-state index contributed by atoms with van der Waals surface area (Å²) in [7, 11) is 0. The van der Waals surface area contributed by atoms with Gasteiger partial charge in [0.2, 0.25) is 0 Å². The Balaban J connectivity index is 3.82. The zero-order chi connectivity index (χ0) is 20.2. The molecule has 0 aliphatic carbocycles. The molecule has 0 atom stereocenters.